The van der Waals surface area contributed by atoms with Crippen LogP contribution in [0.3, 0.4) is 0 Å². The number of anilines is 1. The van der Waals surface area contributed by atoms with E-state index in [0.717, 1.165) is 23.2 Å². The van der Waals surface area contributed by atoms with Gasteiger partial charge in [0.15, 0.2) is 0 Å². The Morgan fingerprint density at radius 1 is 1.03 bits per heavy atom. The maximum atomic E-state index is 13.1. The summed E-state index contributed by atoms with van der Waals surface area (Å²) in [4.78, 5) is 32.1. The zero-order valence-electron chi connectivity index (χ0n) is 20.3. The van der Waals surface area contributed by atoms with Crippen molar-refractivity contribution in [3.8, 4) is 5.75 Å². The lowest BCUT2D eigenvalue weighted by Crippen LogP contribution is -2.42. The molecule has 0 aliphatic carbocycles. The molecule has 1 aromatic heterocycles. The van der Waals surface area contributed by atoms with Crippen LogP contribution in [0.1, 0.15) is 32.6 Å². The first-order chi connectivity index (χ1) is 17.2. The van der Waals surface area contributed by atoms with Gasteiger partial charge in [0, 0.05) is 38.8 Å². The van der Waals surface area contributed by atoms with E-state index in [4.69, 9.17) is 9.47 Å². The van der Waals surface area contributed by atoms with Gasteiger partial charge >= 0.3 is 0 Å². The van der Waals surface area contributed by atoms with Crippen molar-refractivity contribution >= 4 is 28.8 Å². The second kappa shape index (κ2) is 12.4. The number of ether oxygens (including phenoxy) is 2. The van der Waals surface area contributed by atoms with Gasteiger partial charge in [0.1, 0.15) is 5.75 Å². The number of hydrogen-bond donors (Lipinski definition) is 1. The van der Waals surface area contributed by atoms with Crippen LogP contribution in [0.4, 0.5) is 5.95 Å². The molecule has 0 atom stereocenters. The Kier molecular flexibility index (Phi) is 8.73. The Balaban J connectivity index is 1.28. The number of carbonyl (C=O) groups is 2. The van der Waals surface area contributed by atoms with Crippen molar-refractivity contribution in [2.24, 2.45) is 5.92 Å². The number of para-hydroxylation sites is 3. The van der Waals surface area contributed by atoms with Crippen LogP contribution in [-0.2, 0) is 20.9 Å². The molecule has 8 heteroatoms. The molecule has 1 aliphatic rings. The highest BCUT2D eigenvalue weighted by Crippen LogP contribution is 2.23. The third-order valence-electron chi connectivity index (χ3n) is 6.31. The van der Waals surface area contributed by atoms with Crippen molar-refractivity contribution < 1.29 is 19.1 Å². The van der Waals surface area contributed by atoms with Crippen LogP contribution in [0.2, 0.25) is 0 Å². The average Bonchev–Trinajstić information content (AvgIpc) is 3.24. The Morgan fingerprint density at radius 3 is 2.54 bits per heavy atom. The molecule has 3 aromatic rings. The molecule has 4 rings (SSSR count). The summed E-state index contributed by atoms with van der Waals surface area (Å²) in [7, 11) is 0. The molecular weight excluding hydrogens is 444 g/mol. The Bertz CT molecular complexity index is 1110. The van der Waals surface area contributed by atoms with Crippen molar-refractivity contribution in [3.63, 3.8) is 0 Å². The molecule has 1 saturated heterocycles. The number of nitrogens with one attached hydrogen (secondary N) is 1. The highest BCUT2D eigenvalue weighted by Gasteiger charge is 2.28. The van der Waals surface area contributed by atoms with Gasteiger partial charge in [0.25, 0.3) is 0 Å². The van der Waals surface area contributed by atoms with E-state index in [-0.39, 0.29) is 17.7 Å². The molecule has 2 aromatic carbocycles. The van der Waals surface area contributed by atoms with Crippen molar-refractivity contribution in [1.29, 1.82) is 0 Å². The van der Waals surface area contributed by atoms with Crippen molar-refractivity contribution in [2.45, 2.75) is 39.2 Å². The number of aryl methyl sites for hydroxylation is 1. The van der Waals surface area contributed by atoms with E-state index in [0.29, 0.717) is 64.7 Å². The largest absolute Gasteiger partial charge is 0.493 e. The van der Waals surface area contributed by atoms with Crippen LogP contribution >= 0.6 is 0 Å². The Labute approximate surface area is 206 Å². The highest BCUT2D eigenvalue weighted by molar-refractivity contribution is 5.93. The van der Waals surface area contributed by atoms with Gasteiger partial charge in [-0.3, -0.25) is 14.9 Å². The van der Waals surface area contributed by atoms with E-state index < -0.39 is 0 Å². The number of benzene rings is 2. The van der Waals surface area contributed by atoms with E-state index >= 15 is 0 Å². The molecule has 186 valence electrons. The predicted octanol–water partition coefficient (Wildman–Crippen LogP) is 4.11. The van der Waals surface area contributed by atoms with Crippen molar-refractivity contribution in [2.75, 3.05) is 38.2 Å². The van der Waals surface area contributed by atoms with Crippen molar-refractivity contribution in [1.82, 2.24) is 14.5 Å². The SMILES string of the molecule is CCOCCCn1c(NC(=O)C2CCN(C(=O)CCOc3ccccc3)CC2)nc2ccccc21. The molecule has 35 heavy (non-hydrogen) atoms. The molecule has 0 saturated carbocycles. The minimum absolute atomic E-state index is 0.0362. The molecule has 1 fully saturated rings. The van der Waals surface area contributed by atoms with Gasteiger partial charge in [-0.05, 0) is 50.5 Å². The van der Waals surface area contributed by atoms with Gasteiger partial charge in [-0.15, -0.1) is 0 Å². The zero-order chi connectivity index (χ0) is 24.5. The molecule has 1 N–H and O–H groups in total. The average molecular weight is 479 g/mol. The first-order valence-corrected chi connectivity index (χ1v) is 12.4. The third-order valence-corrected chi connectivity index (χ3v) is 6.31. The number of amides is 2. The number of nitrogens with zero attached hydrogens (tertiary/aromatic N) is 3. The summed E-state index contributed by atoms with van der Waals surface area (Å²) in [5.41, 5.74) is 1.86. The monoisotopic (exact) mass is 478 g/mol. The topological polar surface area (TPSA) is 85.7 Å². The normalized spacial score (nSPS) is 14.3. The number of likely N-dealkylation sites (tertiary alicyclic amines) is 1. The fraction of sp³-hybridized carbons (Fsp3) is 0.444. The number of carbonyl (C=O) groups excluding carboxylic acids is 2. The van der Waals surface area contributed by atoms with E-state index in [1.807, 2.05) is 66.4 Å². The standard InChI is InChI=1S/C27H34N4O4/c1-2-34-19-8-16-31-24-12-7-6-11-23(24)28-27(31)29-26(33)21-13-17-30(18-14-21)25(32)15-20-35-22-9-4-3-5-10-22/h3-7,9-12,21H,2,8,13-20H2,1H3,(H,28,29,33). The van der Waals surface area contributed by atoms with Crippen LogP contribution in [0.15, 0.2) is 54.6 Å². The van der Waals surface area contributed by atoms with Gasteiger partial charge in [-0.2, -0.15) is 0 Å². The highest BCUT2D eigenvalue weighted by atomic mass is 16.5. The number of aromatic nitrogens is 2. The Hall–Kier alpha value is -3.39. The lowest BCUT2D eigenvalue weighted by molar-refractivity contribution is -0.135. The molecule has 2 amide bonds. The summed E-state index contributed by atoms with van der Waals surface area (Å²) in [6.45, 7) is 5.56. The van der Waals surface area contributed by atoms with Crippen LogP contribution in [0.25, 0.3) is 11.0 Å². The third kappa shape index (κ3) is 6.60. The van der Waals surface area contributed by atoms with E-state index in [9.17, 15) is 9.59 Å². The quantitative estimate of drug-likeness (QED) is 0.419. The van der Waals surface area contributed by atoms with E-state index in [2.05, 4.69) is 14.9 Å². The minimum atomic E-state index is -0.142. The number of piperidine rings is 1. The van der Waals surface area contributed by atoms with Gasteiger partial charge in [-0.25, -0.2) is 4.98 Å². The summed E-state index contributed by atoms with van der Waals surface area (Å²) in [5, 5.41) is 3.06. The molecule has 8 nitrogen and oxygen atoms in total. The predicted molar refractivity (Wildman–Crippen MR) is 135 cm³/mol. The maximum Gasteiger partial charge on any atom is 0.229 e. The smallest absolute Gasteiger partial charge is 0.229 e. The number of hydrogen-bond acceptors (Lipinski definition) is 5. The lowest BCUT2D eigenvalue weighted by Gasteiger charge is -2.31. The van der Waals surface area contributed by atoms with E-state index in [1.54, 1.807) is 0 Å². The first kappa shape index (κ1) is 24.7. The van der Waals surface area contributed by atoms with Crippen LogP contribution in [-0.4, -0.2) is 59.2 Å². The molecule has 0 radical (unpaired) electrons. The summed E-state index contributed by atoms with van der Waals surface area (Å²) in [5.74, 6) is 1.22. The molecule has 1 aliphatic heterocycles. The molecule has 0 unspecified atom stereocenters. The summed E-state index contributed by atoms with van der Waals surface area (Å²) < 4.78 is 13.2. The van der Waals surface area contributed by atoms with Gasteiger partial charge in [0.2, 0.25) is 17.8 Å². The fourth-order valence-corrected chi connectivity index (χ4v) is 4.40. The lowest BCUT2D eigenvalue weighted by atomic mass is 9.96. The fourth-order valence-electron chi connectivity index (χ4n) is 4.40. The van der Waals surface area contributed by atoms with Gasteiger partial charge in [-0.1, -0.05) is 30.3 Å². The first-order valence-electron chi connectivity index (χ1n) is 12.4. The second-order valence-electron chi connectivity index (χ2n) is 8.68. The number of imidazole rings is 1. The van der Waals surface area contributed by atoms with Crippen molar-refractivity contribution in [3.05, 3.63) is 54.6 Å². The Morgan fingerprint density at radius 2 is 1.77 bits per heavy atom. The zero-order valence-corrected chi connectivity index (χ0v) is 20.3. The number of rotatable bonds is 11. The maximum absolute atomic E-state index is 13.1. The number of fused-ring (bicyclic) bond motifs is 1. The summed E-state index contributed by atoms with van der Waals surface area (Å²) in [6.07, 6.45) is 2.45. The van der Waals surface area contributed by atoms with Crippen LogP contribution in [0, 0.1) is 5.92 Å². The summed E-state index contributed by atoms with van der Waals surface area (Å²) >= 11 is 0. The molecule has 2 heterocycles. The minimum Gasteiger partial charge on any atom is -0.493 e. The van der Waals surface area contributed by atoms with E-state index in [1.165, 1.54) is 0 Å². The molecule has 0 spiro atoms. The summed E-state index contributed by atoms with van der Waals surface area (Å²) in [6, 6.07) is 17.4. The van der Waals surface area contributed by atoms with Crippen LogP contribution in [0.5, 0.6) is 5.75 Å². The van der Waals surface area contributed by atoms with Crippen LogP contribution < -0.4 is 10.1 Å². The van der Waals surface area contributed by atoms with Gasteiger partial charge < -0.3 is 18.9 Å². The molecule has 0 bridgehead atoms. The second-order valence-corrected chi connectivity index (χ2v) is 8.68. The molecular formula is C27H34N4O4. The van der Waals surface area contributed by atoms with Gasteiger partial charge in [0.05, 0.1) is 24.1 Å².